The first-order chi connectivity index (χ1) is 8.96. The minimum Gasteiger partial charge on any atom is -0.380 e. The first kappa shape index (κ1) is 13.6. The third-order valence-electron chi connectivity index (χ3n) is 2.64. The molecule has 1 atom stereocenters. The van der Waals surface area contributed by atoms with Crippen molar-refractivity contribution in [2.24, 2.45) is 0 Å². The largest absolute Gasteiger partial charge is 0.380 e. The summed E-state index contributed by atoms with van der Waals surface area (Å²) in [6, 6.07) is 7.57. The number of rotatable bonds is 5. The summed E-state index contributed by atoms with van der Waals surface area (Å²) in [7, 11) is -2.99. The Morgan fingerprint density at radius 2 is 2.11 bits per heavy atom. The van der Waals surface area contributed by atoms with Crippen molar-refractivity contribution in [2.45, 2.75) is 13.0 Å². The third kappa shape index (κ3) is 3.82. The Labute approximate surface area is 113 Å². The lowest BCUT2D eigenvalue weighted by Crippen LogP contribution is -2.25. The van der Waals surface area contributed by atoms with E-state index in [-0.39, 0.29) is 11.8 Å². The summed E-state index contributed by atoms with van der Waals surface area (Å²) in [6.07, 6.45) is 6.51. The molecule has 0 aliphatic carbocycles. The number of para-hydroxylation sites is 2. The molecule has 0 bridgehead atoms. The van der Waals surface area contributed by atoms with E-state index in [9.17, 15) is 8.42 Å². The Balaban J connectivity index is 2.22. The summed E-state index contributed by atoms with van der Waals surface area (Å²) in [5.41, 5.74) is 1.83. The molecular weight excluding hydrogens is 262 g/mol. The van der Waals surface area contributed by atoms with Gasteiger partial charge in [0.1, 0.15) is 9.84 Å². The number of aromatic nitrogens is 2. The van der Waals surface area contributed by atoms with Crippen molar-refractivity contribution in [1.29, 1.82) is 0 Å². The van der Waals surface area contributed by atoms with Crippen LogP contribution in [0, 0.1) is 0 Å². The van der Waals surface area contributed by atoms with E-state index in [0.717, 1.165) is 11.4 Å². The molecule has 102 valence electrons. The van der Waals surface area contributed by atoms with E-state index in [1.165, 1.54) is 6.26 Å². The van der Waals surface area contributed by atoms with Crippen LogP contribution in [0.1, 0.15) is 6.92 Å². The number of benzene rings is 1. The summed E-state index contributed by atoms with van der Waals surface area (Å²) in [6.45, 7) is 1.85. The predicted octanol–water partition coefficient (Wildman–Crippen LogP) is 1.72. The van der Waals surface area contributed by atoms with Crippen LogP contribution in [0.2, 0.25) is 0 Å². The van der Waals surface area contributed by atoms with Gasteiger partial charge in [-0.3, -0.25) is 0 Å². The number of nitrogens with one attached hydrogen (secondary N) is 1. The summed E-state index contributed by atoms with van der Waals surface area (Å²) < 4.78 is 24.5. The second-order valence-electron chi connectivity index (χ2n) is 4.62. The molecular formula is C13H17N3O2S. The topological polar surface area (TPSA) is 64.0 Å². The van der Waals surface area contributed by atoms with Crippen molar-refractivity contribution >= 4 is 15.5 Å². The standard InChI is InChI=1S/C13H17N3O2S/c1-11(9-19(2,17)18)15-12-5-3-4-6-13(12)16-8-7-14-10-16/h3-8,10-11,15H,9H2,1-2H3. The monoisotopic (exact) mass is 279 g/mol. The smallest absolute Gasteiger partial charge is 0.149 e. The van der Waals surface area contributed by atoms with Crippen LogP contribution in [-0.2, 0) is 9.84 Å². The van der Waals surface area contributed by atoms with Crippen LogP contribution in [-0.4, -0.2) is 36.0 Å². The second kappa shape index (κ2) is 5.44. The van der Waals surface area contributed by atoms with Gasteiger partial charge in [0.05, 0.1) is 23.5 Å². The zero-order valence-corrected chi connectivity index (χ0v) is 11.8. The molecule has 0 fully saturated rings. The summed E-state index contributed by atoms with van der Waals surface area (Å²) in [5, 5.41) is 3.23. The van der Waals surface area contributed by atoms with Crippen molar-refractivity contribution < 1.29 is 8.42 Å². The zero-order valence-electron chi connectivity index (χ0n) is 10.9. The lowest BCUT2D eigenvalue weighted by molar-refractivity contribution is 0.598. The van der Waals surface area contributed by atoms with Gasteiger partial charge in [0, 0.05) is 24.7 Å². The van der Waals surface area contributed by atoms with Crippen molar-refractivity contribution in [3.8, 4) is 5.69 Å². The van der Waals surface area contributed by atoms with E-state index in [0.29, 0.717) is 0 Å². The number of sulfone groups is 1. The lowest BCUT2D eigenvalue weighted by atomic mass is 10.2. The average molecular weight is 279 g/mol. The summed E-state index contributed by atoms with van der Waals surface area (Å²) >= 11 is 0. The molecule has 1 aromatic heterocycles. The van der Waals surface area contributed by atoms with Gasteiger partial charge >= 0.3 is 0 Å². The van der Waals surface area contributed by atoms with Crippen LogP contribution in [0.5, 0.6) is 0 Å². The molecule has 0 saturated heterocycles. The zero-order chi connectivity index (χ0) is 13.9. The molecule has 6 heteroatoms. The molecule has 19 heavy (non-hydrogen) atoms. The van der Waals surface area contributed by atoms with Crippen LogP contribution < -0.4 is 5.32 Å². The minimum atomic E-state index is -2.99. The number of anilines is 1. The highest BCUT2D eigenvalue weighted by molar-refractivity contribution is 7.90. The van der Waals surface area contributed by atoms with Gasteiger partial charge in [-0.05, 0) is 19.1 Å². The third-order valence-corrected chi connectivity index (χ3v) is 3.75. The van der Waals surface area contributed by atoms with E-state index < -0.39 is 9.84 Å². The van der Waals surface area contributed by atoms with E-state index in [2.05, 4.69) is 10.3 Å². The van der Waals surface area contributed by atoms with Crippen molar-refractivity contribution in [1.82, 2.24) is 9.55 Å². The molecule has 0 saturated carbocycles. The van der Waals surface area contributed by atoms with Crippen molar-refractivity contribution in [2.75, 3.05) is 17.3 Å². The maximum absolute atomic E-state index is 11.3. The van der Waals surface area contributed by atoms with Crippen molar-refractivity contribution in [3.05, 3.63) is 43.0 Å². The number of hydrogen-bond acceptors (Lipinski definition) is 4. The fourth-order valence-corrected chi connectivity index (χ4v) is 2.98. The fourth-order valence-electron chi connectivity index (χ4n) is 1.98. The lowest BCUT2D eigenvalue weighted by Gasteiger charge is -2.17. The molecule has 0 aliphatic heterocycles. The SMILES string of the molecule is CC(CS(C)(=O)=O)Nc1ccccc1-n1ccnc1. The first-order valence-electron chi connectivity index (χ1n) is 5.97. The minimum absolute atomic E-state index is 0.102. The van der Waals surface area contributed by atoms with Gasteiger partial charge in [0.2, 0.25) is 0 Å². The number of hydrogen-bond donors (Lipinski definition) is 1. The van der Waals surface area contributed by atoms with Crippen LogP contribution in [0.3, 0.4) is 0 Å². The Bertz CT molecular complexity index is 636. The van der Waals surface area contributed by atoms with Gasteiger partial charge in [-0.15, -0.1) is 0 Å². The molecule has 1 unspecified atom stereocenters. The summed E-state index contributed by atoms with van der Waals surface area (Å²) in [4.78, 5) is 4.02. The van der Waals surface area contributed by atoms with E-state index >= 15 is 0 Å². The maximum Gasteiger partial charge on any atom is 0.149 e. The molecule has 0 aliphatic rings. The van der Waals surface area contributed by atoms with Gasteiger partial charge in [-0.1, -0.05) is 12.1 Å². The normalized spacial score (nSPS) is 13.2. The van der Waals surface area contributed by atoms with Crippen LogP contribution in [0.25, 0.3) is 5.69 Å². The fraction of sp³-hybridized carbons (Fsp3) is 0.308. The Morgan fingerprint density at radius 3 is 2.74 bits per heavy atom. The quantitative estimate of drug-likeness (QED) is 0.905. The molecule has 1 N–H and O–H groups in total. The highest BCUT2D eigenvalue weighted by Gasteiger charge is 2.12. The molecule has 5 nitrogen and oxygen atoms in total. The van der Waals surface area contributed by atoms with Gasteiger partial charge in [0.15, 0.2) is 0 Å². The van der Waals surface area contributed by atoms with Crippen molar-refractivity contribution in [3.63, 3.8) is 0 Å². The molecule has 0 amide bonds. The van der Waals surface area contributed by atoms with Crippen LogP contribution >= 0.6 is 0 Å². The van der Waals surface area contributed by atoms with E-state index in [1.807, 2.05) is 42.0 Å². The maximum atomic E-state index is 11.3. The van der Waals surface area contributed by atoms with E-state index in [1.54, 1.807) is 12.5 Å². The second-order valence-corrected chi connectivity index (χ2v) is 6.81. The predicted molar refractivity (Wildman–Crippen MR) is 76.4 cm³/mol. The number of imidazole rings is 1. The average Bonchev–Trinajstić information content (AvgIpc) is 2.80. The number of nitrogens with zero attached hydrogens (tertiary/aromatic N) is 2. The molecule has 0 radical (unpaired) electrons. The Morgan fingerprint density at radius 1 is 1.37 bits per heavy atom. The van der Waals surface area contributed by atoms with Gasteiger partial charge < -0.3 is 9.88 Å². The summed E-state index contributed by atoms with van der Waals surface area (Å²) in [5.74, 6) is 0.102. The first-order valence-corrected chi connectivity index (χ1v) is 8.03. The highest BCUT2D eigenvalue weighted by atomic mass is 32.2. The molecule has 2 aromatic rings. The Kier molecular flexibility index (Phi) is 3.90. The van der Waals surface area contributed by atoms with Gasteiger partial charge in [-0.25, -0.2) is 13.4 Å². The molecule has 1 aromatic carbocycles. The van der Waals surface area contributed by atoms with Crippen LogP contribution in [0.4, 0.5) is 5.69 Å². The molecule has 2 rings (SSSR count). The van der Waals surface area contributed by atoms with Gasteiger partial charge in [0.25, 0.3) is 0 Å². The van der Waals surface area contributed by atoms with Gasteiger partial charge in [-0.2, -0.15) is 0 Å². The Hall–Kier alpha value is -1.82. The molecule has 0 spiro atoms. The molecule has 1 heterocycles. The van der Waals surface area contributed by atoms with E-state index in [4.69, 9.17) is 0 Å². The highest BCUT2D eigenvalue weighted by Crippen LogP contribution is 2.20. The van der Waals surface area contributed by atoms with Crippen LogP contribution in [0.15, 0.2) is 43.0 Å².